The molecule has 2 aromatic rings. The maximum Gasteiger partial charge on any atom is 0.260 e. The van der Waals surface area contributed by atoms with E-state index in [1.165, 1.54) is 5.56 Å². The second kappa shape index (κ2) is 10.0. The number of rotatable bonds is 9. The fourth-order valence-corrected chi connectivity index (χ4v) is 3.07. The van der Waals surface area contributed by atoms with Gasteiger partial charge in [-0.25, -0.2) is 15.3 Å². The minimum atomic E-state index is -0.482. The van der Waals surface area contributed by atoms with Crippen LogP contribution in [0.4, 0.5) is 0 Å². The maximum atomic E-state index is 12.7. The van der Waals surface area contributed by atoms with Crippen LogP contribution in [-0.2, 0) is 16.1 Å². The third-order valence-electron chi connectivity index (χ3n) is 4.62. The standard InChI is InChI=1S/C22H28N4O3/c1-4-6-17-8-10-19(11-9-17)28-15-21(27)26(16(2)3)14-20-24-22(25-29-20)18-7-5-12-23-13-18/h5,7-13,16,20H,4,6,14-15H2,1-3H3,(H,24,25). The number of amidine groups is 1. The normalized spacial score (nSPS) is 15.7. The van der Waals surface area contributed by atoms with Crippen LogP contribution in [0.3, 0.4) is 0 Å². The molecule has 154 valence electrons. The molecular formula is C22H28N4O3. The summed E-state index contributed by atoms with van der Waals surface area (Å²) in [6.45, 7) is 6.39. The lowest BCUT2D eigenvalue weighted by molar-refractivity contribution is -0.137. The lowest BCUT2D eigenvalue weighted by Crippen LogP contribution is -2.44. The summed E-state index contributed by atoms with van der Waals surface area (Å²) in [6, 6.07) is 11.6. The van der Waals surface area contributed by atoms with Crippen LogP contribution in [0.25, 0.3) is 0 Å². The highest BCUT2D eigenvalue weighted by Gasteiger charge is 2.26. The Kier molecular flexibility index (Phi) is 7.19. The van der Waals surface area contributed by atoms with Gasteiger partial charge in [-0.15, -0.1) is 0 Å². The molecule has 29 heavy (non-hydrogen) atoms. The van der Waals surface area contributed by atoms with Crippen LogP contribution >= 0.6 is 0 Å². The second-order valence-electron chi connectivity index (χ2n) is 7.22. The summed E-state index contributed by atoms with van der Waals surface area (Å²) in [4.78, 5) is 28.6. The Morgan fingerprint density at radius 2 is 2.07 bits per heavy atom. The Morgan fingerprint density at radius 1 is 1.28 bits per heavy atom. The molecule has 1 aromatic carbocycles. The summed E-state index contributed by atoms with van der Waals surface area (Å²) in [7, 11) is 0. The molecule has 7 heteroatoms. The van der Waals surface area contributed by atoms with Gasteiger partial charge in [0.2, 0.25) is 0 Å². The maximum absolute atomic E-state index is 12.7. The van der Waals surface area contributed by atoms with Crippen molar-refractivity contribution in [3.05, 3.63) is 59.9 Å². The number of aliphatic imine (C=N–C) groups is 1. The smallest absolute Gasteiger partial charge is 0.260 e. The quantitative estimate of drug-likeness (QED) is 0.705. The van der Waals surface area contributed by atoms with Crippen LogP contribution in [0.2, 0.25) is 0 Å². The topological polar surface area (TPSA) is 76.0 Å². The van der Waals surface area contributed by atoms with Crippen LogP contribution in [0.1, 0.15) is 38.3 Å². The Bertz CT molecular complexity index is 822. The highest BCUT2D eigenvalue weighted by Crippen LogP contribution is 2.15. The summed E-state index contributed by atoms with van der Waals surface area (Å²) in [5, 5.41) is 0. The fourth-order valence-electron chi connectivity index (χ4n) is 3.07. The van der Waals surface area contributed by atoms with E-state index in [4.69, 9.17) is 9.57 Å². The average molecular weight is 396 g/mol. The molecule has 1 N–H and O–H groups in total. The van der Waals surface area contributed by atoms with Gasteiger partial charge < -0.3 is 9.64 Å². The van der Waals surface area contributed by atoms with Crippen molar-refractivity contribution >= 4 is 11.7 Å². The summed E-state index contributed by atoms with van der Waals surface area (Å²) >= 11 is 0. The van der Waals surface area contributed by atoms with E-state index in [9.17, 15) is 4.79 Å². The van der Waals surface area contributed by atoms with Crippen LogP contribution in [0, 0.1) is 0 Å². The molecule has 1 atom stereocenters. The van der Waals surface area contributed by atoms with Crippen LogP contribution in [0.5, 0.6) is 5.75 Å². The van der Waals surface area contributed by atoms with Gasteiger partial charge in [-0.1, -0.05) is 25.5 Å². The molecule has 0 saturated heterocycles. The van der Waals surface area contributed by atoms with Gasteiger partial charge in [0, 0.05) is 24.0 Å². The third-order valence-corrected chi connectivity index (χ3v) is 4.62. The molecule has 7 nitrogen and oxygen atoms in total. The number of ether oxygens (including phenoxy) is 1. The van der Waals surface area contributed by atoms with Crippen molar-refractivity contribution in [3.8, 4) is 5.75 Å². The van der Waals surface area contributed by atoms with E-state index >= 15 is 0 Å². The van der Waals surface area contributed by atoms with E-state index in [0.29, 0.717) is 18.1 Å². The van der Waals surface area contributed by atoms with Gasteiger partial charge in [0.25, 0.3) is 5.91 Å². The molecule has 2 heterocycles. The van der Waals surface area contributed by atoms with E-state index in [-0.39, 0.29) is 18.6 Å². The number of carbonyl (C=O) groups excluding carboxylic acids is 1. The van der Waals surface area contributed by atoms with Gasteiger partial charge in [-0.2, -0.15) is 0 Å². The molecule has 3 rings (SSSR count). The Hall–Kier alpha value is -2.93. The summed E-state index contributed by atoms with van der Waals surface area (Å²) in [5.41, 5.74) is 4.93. The minimum absolute atomic E-state index is 0.000674. The first-order valence-electron chi connectivity index (χ1n) is 9.98. The first kappa shape index (κ1) is 20.8. The number of pyridine rings is 1. The number of amides is 1. The SMILES string of the molecule is CCCc1ccc(OCC(=O)N(CC2N=C(c3cccnc3)NO2)C(C)C)cc1. The number of carbonyl (C=O) groups is 1. The van der Waals surface area contributed by atoms with Gasteiger partial charge in [-0.05, 0) is 50.1 Å². The minimum Gasteiger partial charge on any atom is -0.484 e. The zero-order valence-electron chi connectivity index (χ0n) is 17.2. The Balaban J connectivity index is 1.56. The Labute approximate surface area is 171 Å². The van der Waals surface area contributed by atoms with Crippen molar-refractivity contribution in [3.63, 3.8) is 0 Å². The molecule has 0 saturated carbocycles. The van der Waals surface area contributed by atoms with Gasteiger partial charge in [-0.3, -0.25) is 9.78 Å². The van der Waals surface area contributed by atoms with Crippen molar-refractivity contribution < 1.29 is 14.4 Å². The monoisotopic (exact) mass is 396 g/mol. The molecule has 0 radical (unpaired) electrons. The molecule has 1 amide bonds. The lowest BCUT2D eigenvalue weighted by atomic mass is 10.1. The second-order valence-corrected chi connectivity index (χ2v) is 7.22. The zero-order chi connectivity index (χ0) is 20.6. The molecule has 0 aliphatic carbocycles. The number of hydroxylamine groups is 1. The van der Waals surface area contributed by atoms with Crippen molar-refractivity contribution in [1.29, 1.82) is 0 Å². The molecule has 0 bridgehead atoms. The van der Waals surface area contributed by atoms with E-state index < -0.39 is 6.23 Å². The van der Waals surface area contributed by atoms with Gasteiger partial charge in [0.05, 0.1) is 6.54 Å². The van der Waals surface area contributed by atoms with E-state index in [1.807, 2.05) is 50.2 Å². The van der Waals surface area contributed by atoms with Gasteiger partial charge >= 0.3 is 0 Å². The van der Waals surface area contributed by atoms with Crippen molar-refractivity contribution in [1.82, 2.24) is 15.4 Å². The molecule has 1 aromatic heterocycles. The van der Waals surface area contributed by atoms with E-state index in [2.05, 4.69) is 22.4 Å². The summed E-state index contributed by atoms with van der Waals surface area (Å²) < 4.78 is 5.70. The van der Waals surface area contributed by atoms with Crippen LogP contribution < -0.4 is 10.2 Å². The fraction of sp³-hybridized carbons (Fsp3) is 0.409. The van der Waals surface area contributed by atoms with Crippen molar-refractivity contribution in [2.75, 3.05) is 13.2 Å². The number of hydrogen-bond acceptors (Lipinski definition) is 6. The molecule has 0 fully saturated rings. The number of hydrogen-bond donors (Lipinski definition) is 1. The van der Waals surface area contributed by atoms with Gasteiger partial charge in [0.1, 0.15) is 5.75 Å². The van der Waals surface area contributed by atoms with Gasteiger partial charge in [0.15, 0.2) is 18.7 Å². The predicted molar refractivity (Wildman–Crippen MR) is 112 cm³/mol. The summed E-state index contributed by atoms with van der Waals surface area (Å²) in [5.74, 6) is 1.20. The number of aryl methyl sites for hydroxylation is 1. The summed E-state index contributed by atoms with van der Waals surface area (Å²) in [6.07, 6.45) is 5.07. The Morgan fingerprint density at radius 3 is 2.72 bits per heavy atom. The molecule has 1 aliphatic rings. The first-order chi connectivity index (χ1) is 14.1. The number of aromatic nitrogens is 1. The van der Waals surface area contributed by atoms with Crippen molar-refractivity contribution in [2.45, 2.75) is 45.9 Å². The van der Waals surface area contributed by atoms with E-state index in [1.54, 1.807) is 17.3 Å². The molecule has 1 unspecified atom stereocenters. The number of benzene rings is 1. The van der Waals surface area contributed by atoms with Crippen LogP contribution in [0.15, 0.2) is 53.8 Å². The third kappa shape index (κ3) is 5.77. The largest absolute Gasteiger partial charge is 0.484 e. The molecule has 0 spiro atoms. The first-order valence-corrected chi connectivity index (χ1v) is 9.98. The average Bonchev–Trinajstić information content (AvgIpc) is 3.21. The highest BCUT2D eigenvalue weighted by atomic mass is 16.7. The number of nitrogens with one attached hydrogen (secondary N) is 1. The van der Waals surface area contributed by atoms with Crippen LogP contribution in [-0.4, -0.2) is 47.0 Å². The van der Waals surface area contributed by atoms with Crippen molar-refractivity contribution in [2.24, 2.45) is 4.99 Å². The van der Waals surface area contributed by atoms with E-state index in [0.717, 1.165) is 18.4 Å². The predicted octanol–water partition coefficient (Wildman–Crippen LogP) is 2.96. The molecular weight excluding hydrogens is 368 g/mol. The zero-order valence-corrected chi connectivity index (χ0v) is 17.2. The number of nitrogens with zero attached hydrogens (tertiary/aromatic N) is 3. The molecule has 1 aliphatic heterocycles. The highest BCUT2D eigenvalue weighted by molar-refractivity contribution is 5.98. The lowest BCUT2D eigenvalue weighted by Gasteiger charge is -2.27.